The van der Waals surface area contributed by atoms with Crippen LogP contribution in [0.25, 0.3) is 20.9 Å². The second-order valence-electron chi connectivity index (χ2n) is 18.9. The summed E-state index contributed by atoms with van der Waals surface area (Å²) in [5.41, 5.74) is 9.53. The number of rotatable bonds is 17. The number of aromatic nitrogens is 4. The van der Waals surface area contributed by atoms with Gasteiger partial charge in [-0.2, -0.15) is 0 Å². The van der Waals surface area contributed by atoms with E-state index >= 15 is 0 Å². The highest BCUT2D eigenvalue weighted by molar-refractivity contribution is 7.13. The Kier molecular flexibility index (Phi) is 15.2. The van der Waals surface area contributed by atoms with E-state index in [-0.39, 0.29) is 80.1 Å². The van der Waals surface area contributed by atoms with Gasteiger partial charge in [-0.1, -0.05) is 86.5 Å². The Bertz CT molecular complexity index is 2710. The van der Waals surface area contributed by atoms with Crippen LogP contribution in [-0.4, -0.2) is 96.2 Å². The number of aliphatic hydroxyl groups excluding tert-OH is 1. The maximum Gasteiger partial charge on any atom is 0.243 e. The molecule has 2 aliphatic rings. The Hall–Kier alpha value is -6.08. The minimum Gasteiger partial charge on any atom is -0.391 e. The predicted octanol–water partition coefficient (Wildman–Crippen LogP) is 7.91. The fourth-order valence-corrected chi connectivity index (χ4v) is 10.8. The summed E-state index contributed by atoms with van der Waals surface area (Å²) in [7, 11) is 0. The minimum absolute atomic E-state index is 0.000187. The lowest BCUT2D eigenvalue weighted by Gasteiger charge is -2.29. The number of nitrogens with zero attached hydrogens (tertiary/aromatic N) is 6. The predicted molar refractivity (Wildman–Crippen MR) is 261 cm³/mol. The summed E-state index contributed by atoms with van der Waals surface area (Å²) < 4.78 is 17.8. The van der Waals surface area contributed by atoms with Crippen molar-refractivity contribution in [1.29, 1.82) is 0 Å². The number of thiazole rings is 2. The Balaban J connectivity index is 0.935. The fourth-order valence-electron chi connectivity index (χ4n) is 9.40. The molecule has 16 nitrogen and oxygen atoms in total. The van der Waals surface area contributed by atoms with Gasteiger partial charge in [0.25, 0.3) is 0 Å². The molecule has 4 aromatic heterocycles. The van der Waals surface area contributed by atoms with E-state index < -0.39 is 36.1 Å². The summed E-state index contributed by atoms with van der Waals surface area (Å²) in [6.07, 6.45) is 0.719. The molecule has 2 saturated heterocycles. The highest BCUT2D eigenvalue weighted by Crippen LogP contribution is 2.35. The number of ether oxygens (including phenoxy) is 1. The van der Waals surface area contributed by atoms with Gasteiger partial charge >= 0.3 is 0 Å². The molecule has 364 valence electrons. The van der Waals surface area contributed by atoms with E-state index in [2.05, 4.69) is 30.9 Å². The maximum atomic E-state index is 14.5. The summed E-state index contributed by atoms with van der Waals surface area (Å²) in [5.74, 6) is -2.44. The third-order valence-corrected chi connectivity index (χ3v) is 14.9. The highest BCUT2D eigenvalue weighted by atomic mass is 32.1. The van der Waals surface area contributed by atoms with Gasteiger partial charge in [-0.15, -0.1) is 22.7 Å². The third kappa shape index (κ3) is 11.0. The van der Waals surface area contributed by atoms with E-state index in [0.717, 1.165) is 37.7 Å². The summed E-state index contributed by atoms with van der Waals surface area (Å²) >= 11 is 3.13. The van der Waals surface area contributed by atoms with Crippen molar-refractivity contribution in [3.05, 3.63) is 118 Å². The Morgan fingerprint density at radius 2 is 1.30 bits per heavy atom. The smallest absolute Gasteiger partial charge is 0.243 e. The summed E-state index contributed by atoms with van der Waals surface area (Å²) in [6.45, 7) is 15.3. The SMILES string of the molecule is Cc1cc([C@H](C(=O)N2C[C@H](OCc3cc([C@H](C(=O)N4C[C@H](O)C[C@H]4C(=O)N[C@@H](C)c4ccc(-c5cncs5)cc4)C(C)C)on3)C[C@H]2C(=O)N[C@@H](C)c2ccc(-c3scnc3C)cc2)C(C)C)on1. The molecular weight excluding hydrogens is 917 g/mol. The lowest BCUT2D eigenvalue weighted by Crippen LogP contribution is -2.48. The lowest BCUT2D eigenvalue weighted by molar-refractivity contribution is -0.141. The van der Waals surface area contributed by atoms with Gasteiger partial charge in [0.2, 0.25) is 23.6 Å². The number of aliphatic hydroxyl groups is 1. The van der Waals surface area contributed by atoms with Crippen LogP contribution in [0.2, 0.25) is 0 Å². The lowest BCUT2D eigenvalue weighted by atomic mass is 9.91. The van der Waals surface area contributed by atoms with Crippen LogP contribution in [0.4, 0.5) is 0 Å². The van der Waals surface area contributed by atoms with Crippen LogP contribution >= 0.6 is 22.7 Å². The van der Waals surface area contributed by atoms with Gasteiger partial charge in [0.15, 0.2) is 0 Å². The standard InChI is InChI=1S/C51H60N8O8S2/c1-27(2)45(42-17-29(5)56-66-42)51(64)59-23-39(20-41(59)49(62)55-31(7)34-11-15-36(16-12-34)47-32(8)53-26-69-47)65-24-37-18-43(67-57-37)46(28(3)4)50(63)58-22-38(60)19-40(58)48(61)54-30(6)33-9-13-35(14-10-33)44-21-52-25-68-44/h9-18,21,25-28,30-31,38-41,45-46,60H,19-20,22-24H2,1-8H3,(H,54,61)(H,55,62)/t30-,31-,38+,39+,40-,41-,45+,46+/m0/s1. The van der Waals surface area contributed by atoms with Crippen molar-refractivity contribution in [2.45, 2.75) is 123 Å². The molecule has 2 aromatic carbocycles. The zero-order valence-electron chi connectivity index (χ0n) is 40.1. The van der Waals surface area contributed by atoms with Gasteiger partial charge in [0.1, 0.15) is 41.1 Å². The number of carbonyl (C=O) groups excluding carboxylic acids is 4. The Labute approximate surface area is 409 Å². The normalized spacial score (nSPS) is 20.0. The topological polar surface area (TPSA) is 206 Å². The Morgan fingerprint density at radius 1 is 0.739 bits per heavy atom. The van der Waals surface area contributed by atoms with Crippen molar-refractivity contribution in [3.63, 3.8) is 0 Å². The third-order valence-electron chi connectivity index (χ3n) is 13.1. The molecule has 0 aliphatic carbocycles. The number of hydrogen-bond acceptors (Lipinski definition) is 14. The minimum atomic E-state index is -0.887. The molecule has 18 heteroatoms. The first-order chi connectivity index (χ1) is 33.1. The van der Waals surface area contributed by atoms with Crippen LogP contribution in [0, 0.1) is 25.7 Å². The molecule has 6 heterocycles. The van der Waals surface area contributed by atoms with Gasteiger partial charge in [0, 0.05) is 44.3 Å². The van der Waals surface area contributed by atoms with Crippen LogP contribution in [0.1, 0.15) is 118 Å². The number of amides is 4. The van der Waals surface area contributed by atoms with Crippen molar-refractivity contribution >= 4 is 46.3 Å². The van der Waals surface area contributed by atoms with E-state index in [1.165, 1.54) is 4.90 Å². The molecule has 3 N–H and O–H groups in total. The molecule has 8 atom stereocenters. The number of β-amino-alcohol motifs (C(OH)–C–C–N with tert-alkyl or cyclic N) is 1. The number of benzene rings is 2. The number of likely N-dealkylation sites (tertiary alicyclic amines) is 2. The number of carbonyl (C=O) groups is 4. The zero-order valence-corrected chi connectivity index (χ0v) is 41.8. The number of hydrogen-bond donors (Lipinski definition) is 3. The van der Waals surface area contributed by atoms with Gasteiger partial charge in [0.05, 0.1) is 63.1 Å². The summed E-state index contributed by atoms with van der Waals surface area (Å²) in [6, 6.07) is 16.9. The van der Waals surface area contributed by atoms with Crippen LogP contribution < -0.4 is 10.6 Å². The number of aryl methyl sites for hydroxylation is 2. The van der Waals surface area contributed by atoms with Gasteiger partial charge in [-0.05, 0) is 61.8 Å². The largest absolute Gasteiger partial charge is 0.391 e. The molecule has 2 aliphatic heterocycles. The van der Waals surface area contributed by atoms with Gasteiger partial charge in [-0.3, -0.25) is 24.2 Å². The first-order valence-corrected chi connectivity index (χ1v) is 25.2. The quantitative estimate of drug-likeness (QED) is 0.0798. The molecule has 6 aromatic rings. The van der Waals surface area contributed by atoms with E-state index in [1.807, 2.05) is 109 Å². The molecule has 4 amide bonds. The molecular formula is C51H60N8O8S2. The Morgan fingerprint density at radius 3 is 1.84 bits per heavy atom. The van der Waals surface area contributed by atoms with Crippen molar-refractivity contribution in [3.8, 4) is 20.9 Å². The second kappa shape index (κ2) is 21.3. The van der Waals surface area contributed by atoms with E-state index in [9.17, 15) is 24.3 Å². The molecule has 0 unspecified atom stereocenters. The fraction of sp³-hybridized carbons (Fsp3) is 0.451. The highest BCUT2D eigenvalue weighted by Gasteiger charge is 2.46. The van der Waals surface area contributed by atoms with Crippen LogP contribution in [-0.2, 0) is 30.5 Å². The van der Waals surface area contributed by atoms with E-state index in [1.54, 1.807) is 52.1 Å². The van der Waals surface area contributed by atoms with Gasteiger partial charge < -0.3 is 39.3 Å². The molecule has 2 fully saturated rings. The first kappa shape index (κ1) is 49.3. The van der Waals surface area contributed by atoms with Crippen LogP contribution in [0.15, 0.2) is 86.9 Å². The summed E-state index contributed by atoms with van der Waals surface area (Å²) in [4.78, 5) is 70.7. The van der Waals surface area contributed by atoms with Crippen molar-refractivity contribution < 1.29 is 38.1 Å². The summed E-state index contributed by atoms with van der Waals surface area (Å²) in [5, 5.41) is 25.3. The maximum absolute atomic E-state index is 14.5. The molecule has 0 spiro atoms. The average molecular weight is 977 g/mol. The first-order valence-electron chi connectivity index (χ1n) is 23.5. The second-order valence-corrected chi connectivity index (χ2v) is 20.7. The van der Waals surface area contributed by atoms with Gasteiger partial charge in [-0.25, -0.2) is 4.98 Å². The van der Waals surface area contributed by atoms with E-state index in [4.69, 9.17) is 13.8 Å². The van der Waals surface area contributed by atoms with E-state index in [0.29, 0.717) is 22.9 Å². The number of nitrogens with one attached hydrogen (secondary N) is 2. The van der Waals surface area contributed by atoms with Crippen LogP contribution in [0.3, 0.4) is 0 Å². The van der Waals surface area contributed by atoms with Crippen molar-refractivity contribution in [2.75, 3.05) is 13.1 Å². The van der Waals surface area contributed by atoms with Crippen molar-refractivity contribution in [1.82, 2.24) is 40.7 Å². The molecule has 69 heavy (non-hydrogen) atoms. The monoisotopic (exact) mass is 976 g/mol. The van der Waals surface area contributed by atoms with Crippen molar-refractivity contribution in [2.24, 2.45) is 11.8 Å². The van der Waals surface area contributed by atoms with Crippen LogP contribution in [0.5, 0.6) is 0 Å². The zero-order chi connectivity index (χ0) is 49.1. The molecule has 8 rings (SSSR count). The average Bonchev–Trinajstić information content (AvgIpc) is 4.19. The molecule has 0 bridgehead atoms. The molecule has 0 radical (unpaired) electrons. The molecule has 0 saturated carbocycles.